The van der Waals surface area contributed by atoms with Gasteiger partial charge in [-0.3, -0.25) is 9.78 Å². The molecule has 1 saturated heterocycles. The highest BCUT2D eigenvalue weighted by Gasteiger charge is 2.13. The Morgan fingerprint density at radius 2 is 2.26 bits per heavy atom. The molecule has 0 spiro atoms. The van der Waals surface area contributed by atoms with Crippen LogP contribution >= 0.6 is 0 Å². The Labute approximate surface area is 114 Å². The molecule has 0 unspecified atom stereocenters. The minimum Gasteiger partial charge on any atom is -0.314 e. The van der Waals surface area contributed by atoms with Gasteiger partial charge in [0.25, 0.3) is 0 Å². The van der Waals surface area contributed by atoms with Gasteiger partial charge in [0.05, 0.1) is 11.9 Å². The third-order valence-electron chi connectivity index (χ3n) is 3.48. The van der Waals surface area contributed by atoms with Crippen LogP contribution in [0.3, 0.4) is 0 Å². The van der Waals surface area contributed by atoms with E-state index in [4.69, 9.17) is 0 Å². The average Bonchev–Trinajstić information content (AvgIpc) is 2.48. The first-order valence-electron chi connectivity index (χ1n) is 6.87. The maximum Gasteiger partial charge on any atom is 0.226 e. The second-order valence-corrected chi connectivity index (χ2v) is 4.86. The van der Waals surface area contributed by atoms with Gasteiger partial charge >= 0.3 is 0 Å². The summed E-state index contributed by atoms with van der Waals surface area (Å²) in [5.41, 5.74) is 0.856. The normalized spacial score (nSPS) is 16.3. The van der Waals surface area contributed by atoms with Gasteiger partial charge in [-0.15, -0.1) is 0 Å². The SMILES string of the molecule is CN(C(=O)CCCN1CCNCC1)c1cccnc1. The number of hydrogen-bond acceptors (Lipinski definition) is 4. The summed E-state index contributed by atoms with van der Waals surface area (Å²) in [7, 11) is 1.81. The summed E-state index contributed by atoms with van der Waals surface area (Å²) in [4.78, 5) is 20.2. The van der Waals surface area contributed by atoms with E-state index in [1.165, 1.54) is 0 Å². The number of nitrogens with one attached hydrogen (secondary N) is 1. The molecule has 2 heterocycles. The number of aromatic nitrogens is 1. The molecule has 0 atom stereocenters. The maximum absolute atomic E-state index is 12.1. The van der Waals surface area contributed by atoms with E-state index in [9.17, 15) is 4.79 Å². The molecule has 0 radical (unpaired) electrons. The Balaban J connectivity index is 1.72. The van der Waals surface area contributed by atoms with Crippen molar-refractivity contribution in [2.24, 2.45) is 0 Å². The molecule has 1 aliphatic heterocycles. The van der Waals surface area contributed by atoms with Crippen LogP contribution in [-0.4, -0.2) is 55.6 Å². The lowest BCUT2D eigenvalue weighted by Gasteiger charge is -2.27. The minimum atomic E-state index is 0.156. The highest BCUT2D eigenvalue weighted by molar-refractivity contribution is 5.92. The highest BCUT2D eigenvalue weighted by atomic mass is 16.2. The van der Waals surface area contributed by atoms with E-state index >= 15 is 0 Å². The summed E-state index contributed by atoms with van der Waals surface area (Å²) in [6, 6.07) is 3.75. The molecular formula is C14H22N4O. The summed E-state index contributed by atoms with van der Waals surface area (Å²) in [5, 5.41) is 3.33. The van der Waals surface area contributed by atoms with Crippen LogP contribution in [0.5, 0.6) is 0 Å². The molecule has 5 nitrogen and oxygen atoms in total. The standard InChI is InChI=1S/C14H22N4O/c1-17(13-4-2-6-16-12-13)14(19)5-3-9-18-10-7-15-8-11-18/h2,4,6,12,15H,3,5,7-11H2,1H3. The van der Waals surface area contributed by atoms with Crippen molar-refractivity contribution in [3.63, 3.8) is 0 Å². The minimum absolute atomic E-state index is 0.156. The molecule has 104 valence electrons. The summed E-state index contributed by atoms with van der Waals surface area (Å²) in [6.07, 6.45) is 4.94. The number of pyridine rings is 1. The average molecular weight is 262 g/mol. The van der Waals surface area contributed by atoms with Crippen molar-refractivity contribution in [2.45, 2.75) is 12.8 Å². The Kier molecular flexibility index (Phi) is 5.30. The van der Waals surface area contributed by atoms with E-state index in [0.29, 0.717) is 6.42 Å². The van der Waals surface area contributed by atoms with Crippen LogP contribution in [0.1, 0.15) is 12.8 Å². The van der Waals surface area contributed by atoms with Crippen LogP contribution in [0, 0.1) is 0 Å². The predicted molar refractivity (Wildman–Crippen MR) is 76.2 cm³/mol. The molecule has 1 amide bonds. The number of carbonyl (C=O) groups excluding carboxylic acids is 1. The smallest absolute Gasteiger partial charge is 0.226 e. The van der Waals surface area contributed by atoms with Crippen molar-refractivity contribution >= 4 is 11.6 Å². The lowest BCUT2D eigenvalue weighted by atomic mass is 10.2. The van der Waals surface area contributed by atoms with Crippen molar-refractivity contribution in [3.05, 3.63) is 24.5 Å². The Hall–Kier alpha value is -1.46. The molecule has 1 aromatic rings. The molecule has 1 fully saturated rings. The topological polar surface area (TPSA) is 48.5 Å². The van der Waals surface area contributed by atoms with E-state index in [1.807, 2.05) is 19.2 Å². The molecule has 1 aromatic heterocycles. The predicted octanol–water partition coefficient (Wildman–Crippen LogP) is 0.730. The summed E-state index contributed by atoms with van der Waals surface area (Å²) < 4.78 is 0. The number of rotatable bonds is 5. The molecule has 0 aromatic carbocycles. The van der Waals surface area contributed by atoms with E-state index in [1.54, 1.807) is 17.3 Å². The lowest BCUT2D eigenvalue weighted by molar-refractivity contribution is -0.118. The molecule has 0 bridgehead atoms. The van der Waals surface area contributed by atoms with Gasteiger partial charge in [-0.2, -0.15) is 0 Å². The van der Waals surface area contributed by atoms with Gasteiger partial charge in [0.15, 0.2) is 0 Å². The second kappa shape index (κ2) is 7.21. The zero-order valence-corrected chi connectivity index (χ0v) is 11.5. The van der Waals surface area contributed by atoms with Crippen molar-refractivity contribution in [2.75, 3.05) is 44.7 Å². The molecule has 0 saturated carbocycles. The van der Waals surface area contributed by atoms with Crippen molar-refractivity contribution in [3.8, 4) is 0 Å². The summed E-state index contributed by atoms with van der Waals surface area (Å²) in [6.45, 7) is 5.31. The number of anilines is 1. The number of carbonyl (C=O) groups is 1. The fraction of sp³-hybridized carbons (Fsp3) is 0.571. The largest absolute Gasteiger partial charge is 0.314 e. The molecule has 19 heavy (non-hydrogen) atoms. The van der Waals surface area contributed by atoms with Gasteiger partial charge in [0, 0.05) is 45.8 Å². The van der Waals surface area contributed by atoms with Crippen LogP contribution in [0.2, 0.25) is 0 Å². The van der Waals surface area contributed by atoms with Crippen molar-refractivity contribution in [1.82, 2.24) is 15.2 Å². The third-order valence-corrected chi connectivity index (χ3v) is 3.48. The summed E-state index contributed by atoms with van der Waals surface area (Å²) >= 11 is 0. The number of amides is 1. The zero-order chi connectivity index (χ0) is 13.5. The molecule has 1 N–H and O–H groups in total. The van der Waals surface area contributed by atoms with Crippen LogP contribution in [0.4, 0.5) is 5.69 Å². The van der Waals surface area contributed by atoms with Crippen LogP contribution in [0.25, 0.3) is 0 Å². The van der Waals surface area contributed by atoms with Crippen molar-refractivity contribution < 1.29 is 4.79 Å². The van der Waals surface area contributed by atoms with E-state index in [-0.39, 0.29) is 5.91 Å². The van der Waals surface area contributed by atoms with Crippen molar-refractivity contribution in [1.29, 1.82) is 0 Å². The zero-order valence-electron chi connectivity index (χ0n) is 11.5. The Morgan fingerprint density at radius 1 is 1.47 bits per heavy atom. The highest BCUT2D eigenvalue weighted by Crippen LogP contribution is 2.11. The molecule has 1 aliphatic rings. The fourth-order valence-corrected chi connectivity index (χ4v) is 2.25. The summed E-state index contributed by atoms with van der Waals surface area (Å²) in [5.74, 6) is 0.156. The second-order valence-electron chi connectivity index (χ2n) is 4.86. The van der Waals surface area contributed by atoms with Gasteiger partial charge in [-0.1, -0.05) is 0 Å². The maximum atomic E-state index is 12.1. The van der Waals surface area contributed by atoms with E-state index in [2.05, 4.69) is 15.2 Å². The first-order chi connectivity index (χ1) is 9.27. The molecule has 2 rings (SSSR count). The van der Waals surface area contributed by atoms with Crippen LogP contribution < -0.4 is 10.2 Å². The van der Waals surface area contributed by atoms with Gasteiger partial charge < -0.3 is 15.1 Å². The van der Waals surface area contributed by atoms with Crippen LogP contribution in [-0.2, 0) is 4.79 Å². The number of piperazine rings is 1. The number of nitrogens with zero attached hydrogens (tertiary/aromatic N) is 3. The monoisotopic (exact) mass is 262 g/mol. The third kappa shape index (κ3) is 4.29. The fourth-order valence-electron chi connectivity index (χ4n) is 2.25. The van der Waals surface area contributed by atoms with Gasteiger partial charge in [-0.05, 0) is 25.1 Å². The molecule has 5 heteroatoms. The molecule has 0 aliphatic carbocycles. The molecular weight excluding hydrogens is 240 g/mol. The van der Waals surface area contributed by atoms with E-state index < -0.39 is 0 Å². The Morgan fingerprint density at radius 3 is 2.95 bits per heavy atom. The number of hydrogen-bond donors (Lipinski definition) is 1. The van der Waals surface area contributed by atoms with Gasteiger partial charge in [-0.25, -0.2) is 0 Å². The van der Waals surface area contributed by atoms with Crippen LogP contribution in [0.15, 0.2) is 24.5 Å². The van der Waals surface area contributed by atoms with E-state index in [0.717, 1.165) is 44.8 Å². The first-order valence-corrected chi connectivity index (χ1v) is 6.87. The first kappa shape index (κ1) is 14.0. The quantitative estimate of drug-likeness (QED) is 0.850. The Bertz CT molecular complexity index is 390. The van der Waals surface area contributed by atoms with Gasteiger partial charge in [0.2, 0.25) is 5.91 Å². The van der Waals surface area contributed by atoms with Gasteiger partial charge in [0.1, 0.15) is 0 Å². The lowest BCUT2D eigenvalue weighted by Crippen LogP contribution is -2.43.